The van der Waals surface area contributed by atoms with Crippen LogP contribution in [0.4, 0.5) is 0 Å². The summed E-state index contributed by atoms with van der Waals surface area (Å²) in [5.41, 5.74) is 0. The number of carbonyl (C=O) groups excluding carboxylic acids is 2. The van der Waals surface area contributed by atoms with Gasteiger partial charge in [0.1, 0.15) is 0 Å². The molecule has 17 heavy (non-hydrogen) atoms. The van der Waals surface area contributed by atoms with Crippen LogP contribution < -0.4 is 56.5 Å². The number of aliphatic hydroxyl groups is 1. The molecule has 94 valence electrons. The fourth-order valence-electron chi connectivity index (χ4n) is 1.19. The molecule has 0 saturated heterocycles. The molecule has 0 aromatic rings. The molecule has 0 aliphatic heterocycles. The molecule has 0 amide bonds. The van der Waals surface area contributed by atoms with Gasteiger partial charge in [0.05, 0.1) is 12.7 Å². The summed E-state index contributed by atoms with van der Waals surface area (Å²) in [6, 6.07) is 0. The van der Waals surface area contributed by atoms with Crippen LogP contribution in [0, 0.1) is 0 Å². The van der Waals surface area contributed by atoms with Crippen molar-refractivity contribution in [1.29, 1.82) is 0 Å². The largest absolute Gasteiger partial charge is 1.00 e. The third kappa shape index (κ3) is 14.5. The minimum absolute atomic E-state index is 0. The maximum atomic E-state index is 11.1. The van der Waals surface area contributed by atoms with Crippen molar-refractivity contribution in [2.24, 2.45) is 0 Å². The van der Waals surface area contributed by atoms with Crippen LogP contribution in [0.2, 0.25) is 0 Å². The first kappa shape index (κ1) is 19.9. The first-order valence-corrected chi connectivity index (χ1v) is 5.59. The van der Waals surface area contributed by atoms with Crippen LogP contribution in [-0.4, -0.2) is 29.8 Å². The van der Waals surface area contributed by atoms with Crippen LogP contribution in [0.15, 0.2) is 0 Å². The Morgan fingerprint density at radius 3 is 2.53 bits per heavy atom. The maximum Gasteiger partial charge on any atom is 1.00 e. The summed E-state index contributed by atoms with van der Waals surface area (Å²) in [7, 11) is 0. The number of unbranched alkanes of at least 4 members (excludes halogenated alkanes) is 2. The average Bonchev–Trinajstić information content (AvgIpc) is 2.17. The first-order valence-electron chi connectivity index (χ1n) is 5.59. The number of aliphatic carboxylic acids is 1. The summed E-state index contributed by atoms with van der Waals surface area (Å²) in [5.74, 6) is -1.60. The van der Waals surface area contributed by atoms with Gasteiger partial charge in [0.25, 0.3) is 0 Å². The summed E-state index contributed by atoms with van der Waals surface area (Å²) >= 11 is 0. The maximum absolute atomic E-state index is 11.1. The summed E-state index contributed by atoms with van der Waals surface area (Å²) in [5, 5.41) is 19.2. The van der Waals surface area contributed by atoms with Crippen molar-refractivity contribution in [3.63, 3.8) is 0 Å². The van der Waals surface area contributed by atoms with Gasteiger partial charge in [-0.3, -0.25) is 4.79 Å². The molecule has 0 radical (unpaired) electrons. The zero-order chi connectivity index (χ0) is 12.4. The van der Waals surface area contributed by atoms with Crippen LogP contribution in [0.25, 0.3) is 0 Å². The number of esters is 1. The van der Waals surface area contributed by atoms with Gasteiger partial charge in [0.2, 0.25) is 0 Å². The van der Waals surface area contributed by atoms with E-state index in [4.69, 9.17) is 9.84 Å². The number of rotatable bonds is 9. The van der Waals surface area contributed by atoms with Gasteiger partial charge in [0, 0.05) is 25.2 Å². The van der Waals surface area contributed by atoms with Crippen molar-refractivity contribution in [3.8, 4) is 0 Å². The average molecular weight is 270 g/mol. The first-order chi connectivity index (χ1) is 7.56. The van der Waals surface area contributed by atoms with Gasteiger partial charge in [0.15, 0.2) is 0 Å². The van der Waals surface area contributed by atoms with Crippen LogP contribution in [0.1, 0.15) is 45.4 Å². The van der Waals surface area contributed by atoms with Gasteiger partial charge < -0.3 is 19.7 Å². The molecule has 1 atom stereocenters. The zero-order valence-corrected chi connectivity index (χ0v) is 13.7. The summed E-state index contributed by atoms with van der Waals surface area (Å²) in [4.78, 5) is 21.2. The molecule has 0 spiro atoms. The van der Waals surface area contributed by atoms with Gasteiger partial charge in [-0.2, -0.15) is 0 Å². The third-order valence-corrected chi connectivity index (χ3v) is 2.10. The Bertz CT molecular complexity index is 220. The van der Waals surface area contributed by atoms with E-state index in [-0.39, 0.29) is 70.4 Å². The van der Waals surface area contributed by atoms with E-state index in [2.05, 4.69) is 0 Å². The molecule has 0 aliphatic rings. The standard InChI is InChI=1S/C11H20O5.K/c1-2-3-4-5-11(15)16-7-6-9(12)8-10(13)14;/h9,12H,2-8H2,1H3,(H,13,14);/q;+1/p-1. The van der Waals surface area contributed by atoms with E-state index in [0.717, 1.165) is 19.3 Å². The summed E-state index contributed by atoms with van der Waals surface area (Å²) < 4.78 is 4.83. The van der Waals surface area contributed by atoms with Crippen molar-refractivity contribution >= 4 is 11.9 Å². The molecule has 0 saturated carbocycles. The van der Waals surface area contributed by atoms with Gasteiger partial charge in [-0.15, -0.1) is 0 Å². The number of hydrogen-bond acceptors (Lipinski definition) is 5. The predicted octanol–water partition coefficient (Wildman–Crippen LogP) is -3.00. The molecule has 1 unspecified atom stereocenters. The topological polar surface area (TPSA) is 86.7 Å². The molecule has 1 N–H and O–H groups in total. The van der Waals surface area contributed by atoms with Crippen molar-refractivity contribution in [2.45, 2.75) is 51.6 Å². The second-order valence-electron chi connectivity index (χ2n) is 3.70. The third-order valence-electron chi connectivity index (χ3n) is 2.10. The zero-order valence-electron chi connectivity index (χ0n) is 10.6. The molecule has 0 aromatic heterocycles. The van der Waals surface area contributed by atoms with Crippen LogP contribution >= 0.6 is 0 Å². The Morgan fingerprint density at radius 1 is 1.35 bits per heavy atom. The van der Waals surface area contributed by atoms with Gasteiger partial charge >= 0.3 is 57.4 Å². The van der Waals surface area contributed by atoms with Crippen molar-refractivity contribution in [3.05, 3.63) is 0 Å². The molecular formula is C11H19KO5. The smallest absolute Gasteiger partial charge is 0.550 e. The number of carboxylic acid groups (broad SMARTS) is 1. The van der Waals surface area contributed by atoms with Crippen LogP contribution in [-0.2, 0) is 14.3 Å². The van der Waals surface area contributed by atoms with Gasteiger partial charge in [-0.05, 0) is 6.42 Å². The quantitative estimate of drug-likeness (QED) is 0.274. The molecule has 5 nitrogen and oxygen atoms in total. The summed E-state index contributed by atoms with van der Waals surface area (Å²) in [6.07, 6.45) is 1.91. The van der Waals surface area contributed by atoms with Gasteiger partial charge in [-0.25, -0.2) is 0 Å². The predicted molar refractivity (Wildman–Crippen MR) is 55.3 cm³/mol. The van der Waals surface area contributed by atoms with Gasteiger partial charge in [-0.1, -0.05) is 19.8 Å². The van der Waals surface area contributed by atoms with Crippen molar-refractivity contribution < 1.29 is 75.9 Å². The number of ether oxygens (including phenoxy) is 1. The van der Waals surface area contributed by atoms with Crippen LogP contribution in [0.5, 0.6) is 0 Å². The van der Waals surface area contributed by atoms with Crippen molar-refractivity contribution in [1.82, 2.24) is 0 Å². The SMILES string of the molecule is CCCCCC(=O)OCCC(O)CC(=O)[O-].[K+]. The van der Waals surface area contributed by atoms with Crippen LogP contribution in [0.3, 0.4) is 0 Å². The second kappa shape index (κ2) is 13.0. The Labute approximate surface area is 144 Å². The second-order valence-corrected chi connectivity index (χ2v) is 3.70. The van der Waals surface area contributed by atoms with E-state index < -0.39 is 18.5 Å². The molecule has 0 bridgehead atoms. The minimum atomic E-state index is -1.30. The van der Waals surface area contributed by atoms with E-state index in [1.807, 2.05) is 6.92 Å². The van der Waals surface area contributed by atoms with E-state index in [9.17, 15) is 14.7 Å². The monoisotopic (exact) mass is 270 g/mol. The molecule has 0 aliphatic carbocycles. The van der Waals surface area contributed by atoms with E-state index in [1.54, 1.807) is 0 Å². The number of carboxylic acids is 1. The normalized spacial score (nSPS) is 11.4. The van der Waals surface area contributed by atoms with E-state index in [1.165, 1.54) is 0 Å². The number of hydrogen-bond donors (Lipinski definition) is 1. The van der Waals surface area contributed by atoms with E-state index in [0.29, 0.717) is 6.42 Å². The Balaban J connectivity index is 0. The Kier molecular flexibility index (Phi) is 15.2. The molecular weight excluding hydrogens is 251 g/mol. The fourth-order valence-corrected chi connectivity index (χ4v) is 1.19. The molecule has 0 rings (SSSR count). The van der Waals surface area contributed by atoms with Crippen molar-refractivity contribution in [2.75, 3.05) is 6.61 Å². The van der Waals surface area contributed by atoms with E-state index >= 15 is 0 Å². The molecule has 0 heterocycles. The Hall–Kier alpha value is 0.536. The fraction of sp³-hybridized carbons (Fsp3) is 0.818. The summed E-state index contributed by atoms with van der Waals surface area (Å²) in [6.45, 7) is 2.10. The molecule has 6 heteroatoms. The Morgan fingerprint density at radius 2 is 2.00 bits per heavy atom. The minimum Gasteiger partial charge on any atom is -0.550 e. The number of carbonyl (C=O) groups is 2. The number of aliphatic hydroxyl groups excluding tert-OH is 1. The molecule has 0 aromatic carbocycles. The molecule has 0 fully saturated rings.